The van der Waals surface area contributed by atoms with Crippen LogP contribution in [0.2, 0.25) is 0 Å². The van der Waals surface area contributed by atoms with Crippen molar-refractivity contribution in [1.82, 2.24) is 5.32 Å². The first-order valence-corrected chi connectivity index (χ1v) is 9.58. The summed E-state index contributed by atoms with van der Waals surface area (Å²) in [5.74, 6) is -0.986. The monoisotopic (exact) mass is 352 g/mol. The smallest absolute Gasteiger partial charge is 0.251 e. The third-order valence-corrected chi connectivity index (χ3v) is 6.25. The van der Waals surface area contributed by atoms with E-state index < -0.39 is 21.5 Å². The SMILES string of the molecule is O=C(NCC1(O)CCCC1)c1ccc(N2C(=O)CCS2(=O)=O)cc1. The third-order valence-electron chi connectivity index (χ3n) is 4.55. The van der Waals surface area contributed by atoms with Gasteiger partial charge in [0.05, 0.1) is 17.0 Å². The Balaban J connectivity index is 1.68. The molecule has 1 saturated heterocycles. The highest BCUT2D eigenvalue weighted by Gasteiger charge is 2.36. The molecule has 1 aliphatic heterocycles. The number of carbonyl (C=O) groups is 2. The van der Waals surface area contributed by atoms with E-state index in [2.05, 4.69) is 5.32 Å². The summed E-state index contributed by atoms with van der Waals surface area (Å²) in [5.41, 5.74) is -0.237. The van der Waals surface area contributed by atoms with Gasteiger partial charge < -0.3 is 10.4 Å². The maximum absolute atomic E-state index is 12.1. The number of nitrogens with one attached hydrogen (secondary N) is 1. The minimum atomic E-state index is -3.60. The summed E-state index contributed by atoms with van der Waals surface area (Å²) in [6.45, 7) is 0.201. The Morgan fingerprint density at radius 3 is 2.38 bits per heavy atom. The van der Waals surface area contributed by atoms with Crippen molar-refractivity contribution >= 4 is 27.5 Å². The van der Waals surface area contributed by atoms with Crippen LogP contribution in [0.25, 0.3) is 0 Å². The molecule has 1 aromatic carbocycles. The van der Waals surface area contributed by atoms with E-state index in [1.165, 1.54) is 24.3 Å². The fraction of sp³-hybridized carbons (Fsp3) is 0.500. The van der Waals surface area contributed by atoms with Crippen LogP contribution in [0.3, 0.4) is 0 Å². The van der Waals surface area contributed by atoms with E-state index >= 15 is 0 Å². The Hall–Kier alpha value is -1.93. The van der Waals surface area contributed by atoms with Crippen molar-refractivity contribution in [2.24, 2.45) is 0 Å². The lowest BCUT2D eigenvalue weighted by Crippen LogP contribution is -2.40. The first kappa shape index (κ1) is 16.9. The number of anilines is 1. The van der Waals surface area contributed by atoms with Gasteiger partial charge >= 0.3 is 0 Å². The predicted molar refractivity (Wildman–Crippen MR) is 88.1 cm³/mol. The molecule has 1 aromatic rings. The molecule has 0 unspecified atom stereocenters. The zero-order valence-electron chi connectivity index (χ0n) is 13.2. The number of nitrogens with zero attached hydrogens (tertiary/aromatic N) is 1. The van der Waals surface area contributed by atoms with Gasteiger partial charge in [0.15, 0.2) is 0 Å². The Bertz CT molecular complexity index is 751. The van der Waals surface area contributed by atoms with Crippen molar-refractivity contribution in [2.45, 2.75) is 37.7 Å². The van der Waals surface area contributed by atoms with Gasteiger partial charge in [0, 0.05) is 18.5 Å². The second kappa shape index (κ2) is 6.18. The molecule has 0 aromatic heterocycles. The fourth-order valence-electron chi connectivity index (χ4n) is 3.17. The van der Waals surface area contributed by atoms with Crippen LogP contribution in [0.4, 0.5) is 5.69 Å². The summed E-state index contributed by atoms with van der Waals surface area (Å²) < 4.78 is 24.5. The molecule has 2 fully saturated rings. The van der Waals surface area contributed by atoms with Crippen molar-refractivity contribution in [3.8, 4) is 0 Å². The van der Waals surface area contributed by atoms with Gasteiger partial charge in [-0.2, -0.15) is 0 Å². The van der Waals surface area contributed by atoms with Gasteiger partial charge in [-0.15, -0.1) is 0 Å². The Labute approximate surface area is 140 Å². The zero-order valence-corrected chi connectivity index (χ0v) is 14.0. The van der Waals surface area contributed by atoms with Crippen LogP contribution in [-0.2, 0) is 14.8 Å². The van der Waals surface area contributed by atoms with Crippen LogP contribution in [0.15, 0.2) is 24.3 Å². The molecule has 1 aliphatic carbocycles. The Morgan fingerprint density at radius 1 is 1.21 bits per heavy atom. The standard InChI is InChI=1S/C16H20N2O5S/c19-14-7-10-24(22,23)18(14)13-5-3-12(4-6-13)15(20)17-11-16(21)8-1-2-9-16/h3-6,21H,1-2,7-11H2,(H,17,20). The number of benzene rings is 1. The lowest BCUT2D eigenvalue weighted by molar-refractivity contribution is -0.116. The van der Waals surface area contributed by atoms with E-state index in [9.17, 15) is 23.1 Å². The van der Waals surface area contributed by atoms with Crippen molar-refractivity contribution in [3.05, 3.63) is 29.8 Å². The molecule has 0 radical (unpaired) electrons. The molecule has 3 rings (SSSR count). The molecule has 24 heavy (non-hydrogen) atoms. The summed E-state index contributed by atoms with van der Waals surface area (Å²) >= 11 is 0. The molecule has 2 amide bonds. The fourth-order valence-corrected chi connectivity index (χ4v) is 4.63. The predicted octanol–water partition coefficient (Wildman–Crippen LogP) is 0.788. The minimum absolute atomic E-state index is 0.0246. The van der Waals surface area contributed by atoms with Gasteiger partial charge in [0.2, 0.25) is 15.9 Å². The molecule has 2 N–H and O–H groups in total. The van der Waals surface area contributed by atoms with Crippen LogP contribution in [-0.4, -0.2) is 43.2 Å². The number of aliphatic hydroxyl groups is 1. The van der Waals surface area contributed by atoms with E-state index in [4.69, 9.17) is 0 Å². The summed E-state index contributed by atoms with van der Waals surface area (Å²) in [4.78, 5) is 23.9. The van der Waals surface area contributed by atoms with E-state index in [1.54, 1.807) is 0 Å². The van der Waals surface area contributed by atoms with Crippen molar-refractivity contribution in [1.29, 1.82) is 0 Å². The van der Waals surface area contributed by atoms with Crippen LogP contribution < -0.4 is 9.62 Å². The lowest BCUT2D eigenvalue weighted by Gasteiger charge is -2.22. The van der Waals surface area contributed by atoms with Gasteiger partial charge in [-0.1, -0.05) is 12.8 Å². The molecular weight excluding hydrogens is 332 g/mol. The van der Waals surface area contributed by atoms with E-state index in [0.717, 1.165) is 17.1 Å². The maximum Gasteiger partial charge on any atom is 0.251 e. The van der Waals surface area contributed by atoms with E-state index in [1.807, 2.05) is 0 Å². The number of carbonyl (C=O) groups excluding carboxylic acids is 2. The highest BCUT2D eigenvalue weighted by Crippen LogP contribution is 2.29. The Kier molecular flexibility index (Phi) is 4.35. The molecule has 1 saturated carbocycles. The van der Waals surface area contributed by atoms with Gasteiger partial charge in [0.25, 0.3) is 5.91 Å². The highest BCUT2D eigenvalue weighted by atomic mass is 32.2. The van der Waals surface area contributed by atoms with E-state index in [0.29, 0.717) is 18.4 Å². The third kappa shape index (κ3) is 3.29. The topological polar surface area (TPSA) is 104 Å². The molecule has 0 bridgehead atoms. The largest absolute Gasteiger partial charge is 0.388 e. The molecule has 0 atom stereocenters. The molecule has 1 heterocycles. The van der Waals surface area contributed by atoms with Crippen molar-refractivity contribution < 1.29 is 23.1 Å². The average Bonchev–Trinajstić information content (AvgIpc) is 3.09. The van der Waals surface area contributed by atoms with Gasteiger partial charge in [-0.05, 0) is 37.1 Å². The summed E-state index contributed by atoms with van der Waals surface area (Å²) in [6, 6.07) is 5.84. The van der Waals surface area contributed by atoms with Gasteiger partial charge in [0.1, 0.15) is 0 Å². The molecule has 0 spiro atoms. The highest BCUT2D eigenvalue weighted by molar-refractivity contribution is 7.94. The number of hydrogen-bond acceptors (Lipinski definition) is 5. The number of sulfonamides is 1. The normalized spacial score (nSPS) is 21.9. The molecule has 7 nitrogen and oxygen atoms in total. The first-order chi connectivity index (χ1) is 11.3. The van der Waals surface area contributed by atoms with Crippen molar-refractivity contribution in [3.63, 3.8) is 0 Å². The van der Waals surface area contributed by atoms with Crippen LogP contribution in [0, 0.1) is 0 Å². The van der Waals surface area contributed by atoms with Crippen LogP contribution >= 0.6 is 0 Å². The van der Waals surface area contributed by atoms with Crippen molar-refractivity contribution in [2.75, 3.05) is 16.6 Å². The van der Waals surface area contributed by atoms with E-state index in [-0.39, 0.29) is 30.3 Å². The number of rotatable bonds is 4. The van der Waals surface area contributed by atoms with Crippen LogP contribution in [0.1, 0.15) is 42.5 Å². The number of hydrogen-bond donors (Lipinski definition) is 2. The minimum Gasteiger partial charge on any atom is -0.388 e. The number of amides is 2. The first-order valence-electron chi connectivity index (χ1n) is 7.97. The zero-order chi connectivity index (χ0) is 17.4. The molecule has 8 heteroatoms. The summed E-state index contributed by atoms with van der Waals surface area (Å²) in [5, 5.41) is 12.9. The van der Waals surface area contributed by atoms with Gasteiger partial charge in [-0.25, -0.2) is 12.7 Å². The quantitative estimate of drug-likeness (QED) is 0.834. The lowest BCUT2D eigenvalue weighted by atomic mass is 10.0. The van der Waals surface area contributed by atoms with Crippen LogP contribution in [0.5, 0.6) is 0 Å². The summed E-state index contributed by atoms with van der Waals surface area (Å²) in [6.07, 6.45) is 3.25. The Morgan fingerprint density at radius 2 is 1.83 bits per heavy atom. The second-order valence-electron chi connectivity index (χ2n) is 6.39. The molecular formula is C16H20N2O5S. The molecule has 2 aliphatic rings. The average molecular weight is 352 g/mol. The van der Waals surface area contributed by atoms with Gasteiger partial charge in [-0.3, -0.25) is 9.59 Å². The molecule has 130 valence electrons. The second-order valence-corrected chi connectivity index (χ2v) is 8.32. The summed E-state index contributed by atoms with van der Waals surface area (Å²) in [7, 11) is -3.60. The maximum atomic E-state index is 12.1.